The Hall–Kier alpha value is -0.830. The van der Waals surface area contributed by atoms with Gasteiger partial charge in [-0.2, -0.15) is 0 Å². The molecule has 11 heavy (non-hydrogen) atoms. The summed E-state index contributed by atoms with van der Waals surface area (Å²) in [5.41, 5.74) is 0. The SMILES string of the molecule is C#CCCl.O=C(O)C#CCCl. The van der Waals surface area contributed by atoms with Crippen LogP contribution in [-0.2, 0) is 4.79 Å². The zero-order valence-electron chi connectivity index (χ0n) is 5.60. The van der Waals surface area contributed by atoms with E-state index in [1.54, 1.807) is 0 Å². The lowest BCUT2D eigenvalue weighted by Crippen LogP contribution is -1.86. The molecule has 0 amide bonds. The van der Waals surface area contributed by atoms with Crippen LogP contribution in [0, 0.1) is 24.2 Å². The second-order valence-corrected chi connectivity index (χ2v) is 1.61. The lowest BCUT2D eigenvalue weighted by Gasteiger charge is -1.66. The number of aliphatic carboxylic acids is 1. The van der Waals surface area contributed by atoms with Crippen molar-refractivity contribution in [2.45, 2.75) is 0 Å². The number of halogens is 2. The van der Waals surface area contributed by atoms with E-state index in [0.717, 1.165) is 0 Å². The highest BCUT2D eigenvalue weighted by atomic mass is 35.5. The zero-order chi connectivity index (χ0) is 9.11. The highest BCUT2D eigenvalue weighted by molar-refractivity contribution is 6.19. The van der Waals surface area contributed by atoms with Crippen molar-refractivity contribution < 1.29 is 9.90 Å². The molecule has 0 aliphatic carbocycles. The van der Waals surface area contributed by atoms with Crippen molar-refractivity contribution in [2.75, 3.05) is 11.8 Å². The first kappa shape index (κ1) is 12.8. The maximum atomic E-state index is 9.53. The van der Waals surface area contributed by atoms with Gasteiger partial charge in [-0.3, -0.25) is 0 Å². The highest BCUT2D eigenvalue weighted by Crippen LogP contribution is 1.66. The van der Waals surface area contributed by atoms with Crippen LogP contribution in [0.25, 0.3) is 0 Å². The van der Waals surface area contributed by atoms with Crippen LogP contribution in [0.3, 0.4) is 0 Å². The van der Waals surface area contributed by atoms with E-state index in [4.69, 9.17) is 28.3 Å². The van der Waals surface area contributed by atoms with E-state index in [2.05, 4.69) is 18.3 Å². The quantitative estimate of drug-likeness (QED) is 0.463. The molecule has 0 rings (SSSR count). The van der Waals surface area contributed by atoms with Gasteiger partial charge in [0.05, 0.1) is 11.8 Å². The molecule has 2 nitrogen and oxygen atoms in total. The third-order valence-electron chi connectivity index (χ3n) is 0.339. The van der Waals surface area contributed by atoms with Gasteiger partial charge in [-0.1, -0.05) is 11.8 Å². The van der Waals surface area contributed by atoms with Gasteiger partial charge in [0, 0.05) is 5.92 Å². The zero-order valence-corrected chi connectivity index (χ0v) is 7.11. The maximum absolute atomic E-state index is 9.53. The minimum Gasteiger partial charge on any atom is -0.472 e. The lowest BCUT2D eigenvalue weighted by molar-refractivity contribution is -0.130. The summed E-state index contributed by atoms with van der Waals surface area (Å²) in [5.74, 6) is 5.45. The molecule has 4 heteroatoms. The van der Waals surface area contributed by atoms with Crippen molar-refractivity contribution in [2.24, 2.45) is 0 Å². The fraction of sp³-hybridized carbons (Fsp3) is 0.286. The summed E-state index contributed by atoms with van der Waals surface area (Å²) in [4.78, 5) is 9.53. The van der Waals surface area contributed by atoms with E-state index in [1.807, 2.05) is 5.92 Å². The number of terminal acetylenes is 1. The summed E-state index contributed by atoms with van der Waals surface area (Å²) in [6.45, 7) is 0. The molecule has 0 aromatic carbocycles. The molecule has 0 aromatic heterocycles. The molecule has 0 bridgehead atoms. The summed E-state index contributed by atoms with van der Waals surface area (Å²) in [6, 6.07) is 0. The smallest absolute Gasteiger partial charge is 0.381 e. The summed E-state index contributed by atoms with van der Waals surface area (Å²) >= 11 is 9.96. The van der Waals surface area contributed by atoms with E-state index in [9.17, 15) is 4.79 Å². The second-order valence-electron chi connectivity index (χ2n) is 1.08. The molecular formula is C7H6Cl2O2. The van der Waals surface area contributed by atoms with Gasteiger partial charge in [0.2, 0.25) is 0 Å². The van der Waals surface area contributed by atoms with Gasteiger partial charge < -0.3 is 5.11 Å². The van der Waals surface area contributed by atoms with Gasteiger partial charge >= 0.3 is 5.97 Å². The van der Waals surface area contributed by atoms with Gasteiger partial charge in [0.25, 0.3) is 0 Å². The van der Waals surface area contributed by atoms with E-state index in [1.165, 1.54) is 0 Å². The average Bonchev–Trinajstić information content (AvgIpc) is 2.01. The molecule has 1 N–H and O–H groups in total. The molecule has 0 spiro atoms. The molecule has 0 saturated carbocycles. The highest BCUT2D eigenvalue weighted by Gasteiger charge is 1.78. The van der Waals surface area contributed by atoms with Gasteiger partial charge in [-0.25, -0.2) is 4.79 Å². The van der Waals surface area contributed by atoms with E-state index in [-0.39, 0.29) is 5.88 Å². The van der Waals surface area contributed by atoms with Crippen molar-refractivity contribution in [3.8, 4) is 24.2 Å². The topological polar surface area (TPSA) is 37.3 Å². The van der Waals surface area contributed by atoms with Crippen LogP contribution in [-0.4, -0.2) is 22.8 Å². The van der Waals surface area contributed by atoms with Gasteiger partial charge in [0.1, 0.15) is 0 Å². The maximum Gasteiger partial charge on any atom is 0.381 e. The van der Waals surface area contributed by atoms with Crippen molar-refractivity contribution in [1.29, 1.82) is 0 Å². The molecule has 0 atom stereocenters. The number of carboxylic acids is 1. The van der Waals surface area contributed by atoms with E-state index in [0.29, 0.717) is 5.88 Å². The molecule has 0 unspecified atom stereocenters. The van der Waals surface area contributed by atoms with Crippen molar-refractivity contribution in [3.63, 3.8) is 0 Å². The summed E-state index contributed by atoms with van der Waals surface area (Å²) in [5, 5.41) is 7.81. The first-order valence-electron chi connectivity index (χ1n) is 2.46. The molecule has 60 valence electrons. The fourth-order valence-corrected chi connectivity index (χ4v) is 0.176. The van der Waals surface area contributed by atoms with E-state index < -0.39 is 5.97 Å². The first-order chi connectivity index (χ1) is 5.18. The Morgan fingerprint density at radius 1 is 1.45 bits per heavy atom. The number of hydrogen-bond acceptors (Lipinski definition) is 1. The standard InChI is InChI=1S/C4H3ClO2.C3H3Cl/c5-3-1-2-4(6)7;1-2-3-4/h3H2,(H,6,7);1H,3H2. The van der Waals surface area contributed by atoms with Crippen molar-refractivity contribution in [1.82, 2.24) is 0 Å². The molecule has 0 aliphatic heterocycles. The average molecular weight is 193 g/mol. The predicted octanol–water partition coefficient (Wildman–Crippen LogP) is 1.17. The van der Waals surface area contributed by atoms with Crippen LogP contribution < -0.4 is 0 Å². The van der Waals surface area contributed by atoms with Gasteiger partial charge in [0.15, 0.2) is 0 Å². The number of alkyl halides is 2. The Morgan fingerprint density at radius 2 is 1.91 bits per heavy atom. The Kier molecular flexibility index (Phi) is 13.9. The van der Waals surface area contributed by atoms with Gasteiger partial charge in [-0.15, -0.1) is 29.6 Å². The molecule has 0 aliphatic rings. The van der Waals surface area contributed by atoms with Crippen LogP contribution in [0.4, 0.5) is 0 Å². The monoisotopic (exact) mass is 192 g/mol. The molecule has 0 fully saturated rings. The van der Waals surface area contributed by atoms with Crippen LogP contribution in [0.15, 0.2) is 0 Å². The van der Waals surface area contributed by atoms with Gasteiger partial charge in [-0.05, 0) is 0 Å². The van der Waals surface area contributed by atoms with Crippen LogP contribution in [0.5, 0.6) is 0 Å². The van der Waals surface area contributed by atoms with Crippen molar-refractivity contribution >= 4 is 29.2 Å². The predicted molar refractivity (Wildman–Crippen MR) is 45.7 cm³/mol. The molecular weight excluding hydrogens is 187 g/mol. The van der Waals surface area contributed by atoms with Crippen LogP contribution in [0.1, 0.15) is 0 Å². The molecule has 0 saturated heterocycles. The minimum absolute atomic E-state index is 0.0757. The van der Waals surface area contributed by atoms with Crippen molar-refractivity contribution in [3.05, 3.63) is 0 Å². The largest absolute Gasteiger partial charge is 0.472 e. The van der Waals surface area contributed by atoms with E-state index >= 15 is 0 Å². The number of hydrogen-bond donors (Lipinski definition) is 1. The Labute approximate surface area is 75.5 Å². The number of carboxylic acid groups (broad SMARTS) is 1. The molecule has 0 radical (unpaired) electrons. The third-order valence-corrected chi connectivity index (χ3v) is 0.627. The first-order valence-corrected chi connectivity index (χ1v) is 3.53. The summed E-state index contributed by atoms with van der Waals surface area (Å²) in [7, 11) is 0. The molecule has 0 heterocycles. The normalized spacial score (nSPS) is 5.91. The minimum atomic E-state index is -1.14. The Bertz CT molecular complexity index is 195. The third kappa shape index (κ3) is 27.1. The fourth-order valence-electron chi connectivity index (χ4n) is 0.109. The van der Waals surface area contributed by atoms with Crippen LogP contribution >= 0.6 is 23.2 Å². The number of carbonyl (C=O) groups is 1. The summed E-state index contributed by atoms with van der Waals surface area (Å²) < 4.78 is 0. The summed E-state index contributed by atoms with van der Waals surface area (Å²) in [6.07, 6.45) is 4.65. The molecule has 0 aromatic rings. The second kappa shape index (κ2) is 11.9. The number of rotatable bonds is 0. The Balaban J connectivity index is 0. The Morgan fingerprint density at radius 3 is 2.00 bits per heavy atom. The van der Waals surface area contributed by atoms with Crippen LogP contribution in [0.2, 0.25) is 0 Å². The lowest BCUT2D eigenvalue weighted by atomic mass is 10.6.